The van der Waals surface area contributed by atoms with E-state index in [0.717, 1.165) is 38.5 Å². The Morgan fingerprint density at radius 1 is 1.13 bits per heavy atom. The third kappa shape index (κ3) is 3.73. The van der Waals surface area contributed by atoms with Crippen LogP contribution in [0, 0.1) is 11.3 Å². The number of anilines is 1. The fourth-order valence-electron chi connectivity index (χ4n) is 2.63. The normalized spacial score (nSPS) is 15.3. The molecule has 3 heterocycles. The zero-order valence-electron chi connectivity index (χ0n) is 12.8. The van der Waals surface area contributed by atoms with Gasteiger partial charge in [0.15, 0.2) is 0 Å². The van der Waals surface area contributed by atoms with Gasteiger partial charge in [-0.05, 0) is 18.2 Å². The SMILES string of the molecule is N#Cc1ccc(N2CCN(CCn3ncccc3=O)CC2)nc1. The first-order chi connectivity index (χ1) is 11.3. The van der Waals surface area contributed by atoms with Crippen LogP contribution in [0.4, 0.5) is 5.82 Å². The molecule has 0 aliphatic carbocycles. The number of nitriles is 1. The van der Waals surface area contributed by atoms with Gasteiger partial charge in [0.25, 0.3) is 5.56 Å². The largest absolute Gasteiger partial charge is 0.354 e. The monoisotopic (exact) mass is 310 g/mol. The molecule has 1 fully saturated rings. The number of piperazine rings is 1. The zero-order chi connectivity index (χ0) is 16.1. The van der Waals surface area contributed by atoms with E-state index in [4.69, 9.17) is 5.26 Å². The second-order valence-corrected chi connectivity index (χ2v) is 5.43. The van der Waals surface area contributed by atoms with Crippen molar-refractivity contribution in [3.8, 4) is 6.07 Å². The van der Waals surface area contributed by atoms with Crippen LogP contribution in [0.3, 0.4) is 0 Å². The van der Waals surface area contributed by atoms with Crippen LogP contribution in [0.1, 0.15) is 5.56 Å². The Balaban J connectivity index is 1.51. The summed E-state index contributed by atoms with van der Waals surface area (Å²) < 4.78 is 1.49. The summed E-state index contributed by atoms with van der Waals surface area (Å²) in [6.45, 7) is 5.03. The lowest BCUT2D eigenvalue weighted by molar-refractivity contribution is 0.242. The summed E-state index contributed by atoms with van der Waals surface area (Å²) in [4.78, 5) is 20.5. The number of hydrogen-bond acceptors (Lipinski definition) is 6. The molecule has 2 aromatic heterocycles. The van der Waals surface area contributed by atoms with Gasteiger partial charge in [0, 0.05) is 51.2 Å². The van der Waals surface area contributed by atoms with E-state index in [1.54, 1.807) is 24.5 Å². The smallest absolute Gasteiger partial charge is 0.266 e. The molecule has 2 aromatic rings. The minimum absolute atomic E-state index is 0.0621. The quantitative estimate of drug-likeness (QED) is 0.810. The standard InChI is InChI=1S/C16H18N6O/c17-12-14-3-4-15(18-13-14)21-9-6-20(7-10-21)8-11-22-16(23)2-1-5-19-22/h1-5,13H,6-11H2. The molecular formula is C16H18N6O. The average molecular weight is 310 g/mol. The van der Waals surface area contributed by atoms with E-state index in [0.29, 0.717) is 12.1 Å². The van der Waals surface area contributed by atoms with E-state index < -0.39 is 0 Å². The van der Waals surface area contributed by atoms with Crippen molar-refractivity contribution in [1.29, 1.82) is 5.26 Å². The summed E-state index contributed by atoms with van der Waals surface area (Å²) in [5, 5.41) is 12.9. The van der Waals surface area contributed by atoms with Crippen molar-refractivity contribution in [2.24, 2.45) is 0 Å². The predicted molar refractivity (Wildman–Crippen MR) is 86.1 cm³/mol. The van der Waals surface area contributed by atoms with Gasteiger partial charge in [-0.15, -0.1) is 0 Å². The van der Waals surface area contributed by atoms with Crippen LogP contribution in [0.15, 0.2) is 41.5 Å². The van der Waals surface area contributed by atoms with E-state index in [1.807, 2.05) is 6.07 Å². The molecule has 118 valence electrons. The Morgan fingerprint density at radius 3 is 2.61 bits per heavy atom. The number of aromatic nitrogens is 3. The van der Waals surface area contributed by atoms with Gasteiger partial charge < -0.3 is 4.90 Å². The first kappa shape index (κ1) is 15.2. The van der Waals surface area contributed by atoms with Gasteiger partial charge in [0.1, 0.15) is 11.9 Å². The summed E-state index contributed by atoms with van der Waals surface area (Å²) in [5.74, 6) is 0.907. The summed E-state index contributed by atoms with van der Waals surface area (Å²) in [7, 11) is 0. The fourth-order valence-corrected chi connectivity index (χ4v) is 2.63. The molecule has 0 aromatic carbocycles. The van der Waals surface area contributed by atoms with Crippen LogP contribution in [-0.2, 0) is 6.54 Å². The van der Waals surface area contributed by atoms with Gasteiger partial charge in [-0.3, -0.25) is 9.69 Å². The average Bonchev–Trinajstić information content (AvgIpc) is 2.62. The highest BCUT2D eigenvalue weighted by atomic mass is 16.1. The Kier molecular flexibility index (Phi) is 4.64. The lowest BCUT2D eigenvalue weighted by Crippen LogP contribution is -2.48. The van der Waals surface area contributed by atoms with E-state index >= 15 is 0 Å². The van der Waals surface area contributed by atoms with Crippen molar-refractivity contribution < 1.29 is 0 Å². The molecule has 1 saturated heterocycles. The van der Waals surface area contributed by atoms with E-state index in [1.165, 1.54) is 10.7 Å². The Morgan fingerprint density at radius 2 is 1.96 bits per heavy atom. The number of hydrogen-bond donors (Lipinski definition) is 0. The summed E-state index contributed by atoms with van der Waals surface area (Å²) in [5.41, 5.74) is 0.515. The molecule has 3 rings (SSSR count). The molecule has 0 amide bonds. The first-order valence-corrected chi connectivity index (χ1v) is 7.62. The highest BCUT2D eigenvalue weighted by Crippen LogP contribution is 2.13. The maximum atomic E-state index is 11.6. The van der Waals surface area contributed by atoms with Crippen LogP contribution in [0.25, 0.3) is 0 Å². The summed E-state index contributed by atoms with van der Waals surface area (Å²) in [6, 6.07) is 8.95. The molecule has 0 atom stereocenters. The van der Waals surface area contributed by atoms with Crippen molar-refractivity contribution in [2.75, 3.05) is 37.6 Å². The lowest BCUT2D eigenvalue weighted by atomic mass is 10.2. The molecule has 7 heteroatoms. The lowest BCUT2D eigenvalue weighted by Gasteiger charge is -2.35. The topological polar surface area (TPSA) is 78.0 Å². The Labute approximate surface area is 134 Å². The fraction of sp³-hybridized carbons (Fsp3) is 0.375. The molecular weight excluding hydrogens is 292 g/mol. The first-order valence-electron chi connectivity index (χ1n) is 7.62. The number of nitrogens with zero attached hydrogens (tertiary/aromatic N) is 6. The van der Waals surface area contributed by atoms with Gasteiger partial charge >= 0.3 is 0 Å². The van der Waals surface area contributed by atoms with Crippen molar-refractivity contribution in [3.63, 3.8) is 0 Å². The molecule has 0 spiro atoms. The van der Waals surface area contributed by atoms with Gasteiger partial charge in [-0.1, -0.05) is 0 Å². The van der Waals surface area contributed by atoms with Crippen LogP contribution in [-0.4, -0.2) is 52.4 Å². The van der Waals surface area contributed by atoms with Gasteiger partial charge in [0.05, 0.1) is 12.1 Å². The van der Waals surface area contributed by atoms with Crippen LogP contribution in [0.2, 0.25) is 0 Å². The molecule has 7 nitrogen and oxygen atoms in total. The maximum absolute atomic E-state index is 11.6. The van der Waals surface area contributed by atoms with Crippen LogP contribution in [0.5, 0.6) is 0 Å². The van der Waals surface area contributed by atoms with Crippen LogP contribution < -0.4 is 10.5 Å². The van der Waals surface area contributed by atoms with Gasteiger partial charge in [0.2, 0.25) is 0 Å². The van der Waals surface area contributed by atoms with Crippen molar-refractivity contribution in [3.05, 3.63) is 52.6 Å². The predicted octanol–water partition coefficient (Wildman–Crippen LogP) is 0.332. The second kappa shape index (κ2) is 7.03. The second-order valence-electron chi connectivity index (χ2n) is 5.43. The Bertz CT molecular complexity index is 740. The van der Waals surface area contributed by atoms with Crippen molar-refractivity contribution in [2.45, 2.75) is 6.54 Å². The minimum atomic E-state index is -0.0621. The van der Waals surface area contributed by atoms with E-state index in [2.05, 4.69) is 26.0 Å². The number of pyridine rings is 1. The minimum Gasteiger partial charge on any atom is -0.354 e. The molecule has 0 bridgehead atoms. The highest BCUT2D eigenvalue weighted by Gasteiger charge is 2.17. The molecule has 0 saturated carbocycles. The summed E-state index contributed by atoms with van der Waals surface area (Å²) in [6.07, 6.45) is 3.24. The molecule has 0 N–H and O–H groups in total. The van der Waals surface area contributed by atoms with Gasteiger partial charge in [-0.25, -0.2) is 9.67 Å². The van der Waals surface area contributed by atoms with Gasteiger partial charge in [-0.2, -0.15) is 10.4 Å². The van der Waals surface area contributed by atoms with Crippen molar-refractivity contribution in [1.82, 2.24) is 19.7 Å². The molecule has 23 heavy (non-hydrogen) atoms. The molecule has 0 radical (unpaired) electrons. The summed E-state index contributed by atoms with van der Waals surface area (Å²) >= 11 is 0. The third-order valence-electron chi connectivity index (χ3n) is 3.99. The van der Waals surface area contributed by atoms with E-state index in [9.17, 15) is 4.79 Å². The zero-order valence-corrected chi connectivity index (χ0v) is 12.8. The van der Waals surface area contributed by atoms with E-state index in [-0.39, 0.29) is 5.56 Å². The Hall–Kier alpha value is -2.72. The molecule has 1 aliphatic rings. The highest BCUT2D eigenvalue weighted by molar-refractivity contribution is 5.42. The maximum Gasteiger partial charge on any atom is 0.266 e. The van der Waals surface area contributed by atoms with Crippen molar-refractivity contribution >= 4 is 5.82 Å². The third-order valence-corrected chi connectivity index (χ3v) is 3.99. The number of rotatable bonds is 4. The van der Waals surface area contributed by atoms with Crippen LogP contribution >= 0.6 is 0 Å². The molecule has 1 aliphatic heterocycles. The molecule has 0 unspecified atom stereocenters.